The fourth-order valence-electron chi connectivity index (χ4n) is 1.94. The zero-order valence-electron chi connectivity index (χ0n) is 15.6. The molecule has 0 aliphatic heterocycles. The normalized spacial score (nSPS) is 13.7. The molecule has 0 unspecified atom stereocenters. The summed E-state index contributed by atoms with van der Waals surface area (Å²) in [6.07, 6.45) is 0. The predicted molar refractivity (Wildman–Crippen MR) is 95.1 cm³/mol. The maximum absolute atomic E-state index is 12.2. The summed E-state index contributed by atoms with van der Waals surface area (Å²) >= 11 is 0. The van der Waals surface area contributed by atoms with Crippen molar-refractivity contribution in [2.75, 3.05) is 0 Å². The summed E-state index contributed by atoms with van der Waals surface area (Å²) in [5.41, 5.74) is 0.844. The first-order valence-electron chi connectivity index (χ1n) is 7.76. The zero-order valence-corrected chi connectivity index (χ0v) is 17.6. The fourth-order valence-corrected chi connectivity index (χ4v) is 10.7. The molecule has 21 heavy (non-hydrogen) atoms. The minimum Gasteiger partial charge on any atom is -0.491 e. The topological polar surface area (TPSA) is 35.5 Å². The van der Waals surface area contributed by atoms with E-state index in [9.17, 15) is 4.79 Å². The molecule has 0 rings (SSSR count). The van der Waals surface area contributed by atoms with Crippen molar-refractivity contribution in [1.82, 2.24) is 0 Å². The summed E-state index contributed by atoms with van der Waals surface area (Å²) < 4.78 is 12.7. The van der Waals surface area contributed by atoms with Crippen LogP contribution in [0.2, 0.25) is 29.2 Å². The monoisotopic (exact) mass is 330 g/mol. The molecule has 0 N–H and O–H groups in total. The van der Waals surface area contributed by atoms with E-state index < -0.39 is 16.9 Å². The van der Waals surface area contributed by atoms with Crippen LogP contribution in [0.25, 0.3) is 0 Å². The summed E-state index contributed by atoms with van der Waals surface area (Å²) in [4.78, 5) is 12.2. The molecular weight excluding hydrogens is 296 g/mol. The average molecular weight is 331 g/mol. The lowest BCUT2D eigenvalue weighted by Crippen LogP contribution is -2.58. The van der Waals surface area contributed by atoms with Gasteiger partial charge in [0.05, 0.1) is 0 Å². The molecule has 3 nitrogen and oxygen atoms in total. The molecule has 0 heterocycles. The van der Waals surface area contributed by atoms with E-state index in [-0.39, 0.29) is 22.1 Å². The molecule has 0 aliphatic carbocycles. The van der Waals surface area contributed by atoms with Crippen molar-refractivity contribution in [2.24, 2.45) is 0 Å². The fraction of sp³-hybridized carbons (Fsp3) is 0.812. The number of carbonyl (C=O) groups excluding carboxylic acids is 1. The van der Waals surface area contributed by atoms with Gasteiger partial charge >= 0.3 is 14.5 Å². The molecule has 0 aromatic heterocycles. The second kappa shape index (κ2) is 6.79. The summed E-state index contributed by atoms with van der Waals surface area (Å²) in [6, 6.07) is 0. The van der Waals surface area contributed by atoms with E-state index in [4.69, 9.17) is 8.54 Å². The molecule has 0 radical (unpaired) electrons. The van der Waals surface area contributed by atoms with Gasteiger partial charge in [0.1, 0.15) is 0 Å². The summed E-state index contributed by atoms with van der Waals surface area (Å²) in [6.45, 7) is 24.9. The molecule has 0 saturated carbocycles. The molecule has 0 aromatic carbocycles. The highest BCUT2D eigenvalue weighted by molar-refractivity contribution is 6.86. The summed E-state index contributed by atoms with van der Waals surface area (Å²) in [5, 5.41) is 0.0880. The largest absolute Gasteiger partial charge is 0.491 e. The van der Waals surface area contributed by atoms with Gasteiger partial charge in [-0.3, -0.25) is 0 Å². The first kappa shape index (κ1) is 20.6. The third kappa shape index (κ3) is 4.79. The lowest BCUT2D eigenvalue weighted by atomic mass is 10.2. The highest BCUT2D eigenvalue weighted by atomic mass is 28.4. The van der Waals surface area contributed by atoms with Crippen LogP contribution in [0, 0.1) is 0 Å². The van der Waals surface area contributed by atoms with Gasteiger partial charge in [-0.1, -0.05) is 55.0 Å². The van der Waals surface area contributed by atoms with E-state index >= 15 is 0 Å². The van der Waals surface area contributed by atoms with Crippen molar-refractivity contribution in [3.63, 3.8) is 0 Å². The molecule has 0 spiro atoms. The number of hydrogen-bond acceptors (Lipinski definition) is 3. The highest BCUT2D eigenvalue weighted by Gasteiger charge is 2.54. The van der Waals surface area contributed by atoms with Crippen LogP contribution in [0.5, 0.6) is 0 Å². The van der Waals surface area contributed by atoms with Crippen molar-refractivity contribution >= 4 is 22.8 Å². The molecule has 0 aromatic rings. The lowest BCUT2D eigenvalue weighted by Gasteiger charge is -2.47. The smallest absolute Gasteiger partial charge is 0.396 e. The molecule has 5 heteroatoms. The Labute approximate surface area is 133 Å². The molecular formula is C16H34O3Si2. The van der Waals surface area contributed by atoms with Crippen LogP contribution >= 0.6 is 0 Å². The van der Waals surface area contributed by atoms with Crippen LogP contribution < -0.4 is 0 Å². The zero-order chi connectivity index (χ0) is 17.2. The molecule has 124 valence electrons. The van der Waals surface area contributed by atoms with Crippen molar-refractivity contribution in [1.29, 1.82) is 0 Å². The van der Waals surface area contributed by atoms with Crippen LogP contribution in [0.15, 0.2) is 12.2 Å². The SMILES string of the molecule is C=C(C)C(=O)O[Si](O[Si](C)(C)C(C)(C)C)(C(C)C)C(C)C. The van der Waals surface area contributed by atoms with E-state index in [1.165, 1.54) is 0 Å². The number of hydrogen-bond donors (Lipinski definition) is 0. The summed E-state index contributed by atoms with van der Waals surface area (Å²) in [5.74, 6) is -0.317. The quantitative estimate of drug-likeness (QED) is 0.484. The number of carbonyl (C=O) groups is 1. The first-order valence-corrected chi connectivity index (χ1v) is 12.6. The molecule has 0 fully saturated rings. The first-order chi connectivity index (χ1) is 9.17. The van der Waals surface area contributed by atoms with Gasteiger partial charge in [0.15, 0.2) is 8.32 Å². The maximum Gasteiger partial charge on any atom is 0.396 e. The minimum absolute atomic E-state index is 0.0880. The average Bonchev–Trinajstić information content (AvgIpc) is 2.24. The van der Waals surface area contributed by atoms with Crippen molar-refractivity contribution in [2.45, 2.75) is 84.6 Å². The van der Waals surface area contributed by atoms with E-state index in [1.807, 2.05) is 0 Å². The van der Waals surface area contributed by atoms with Gasteiger partial charge in [-0.05, 0) is 25.1 Å². The Balaban J connectivity index is 5.72. The van der Waals surface area contributed by atoms with Gasteiger partial charge in [0.25, 0.3) is 0 Å². The van der Waals surface area contributed by atoms with Crippen LogP contribution in [-0.4, -0.2) is 22.8 Å². The lowest BCUT2D eigenvalue weighted by molar-refractivity contribution is -0.132. The second-order valence-electron chi connectivity index (χ2n) is 8.06. The Hall–Kier alpha value is -0.396. The third-order valence-electron chi connectivity index (χ3n) is 4.43. The summed E-state index contributed by atoms with van der Waals surface area (Å²) in [7, 11) is -4.68. The molecule has 0 atom stereocenters. The van der Waals surface area contributed by atoms with Gasteiger partial charge in [-0.15, -0.1) is 0 Å². The molecule has 0 bridgehead atoms. The Morgan fingerprint density at radius 2 is 1.43 bits per heavy atom. The van der Waals surface area contributed by atoms with E-state index in [1.54, 1.807) is 6.92 Å². The Bertz CT molecular complexity index is 385. The van der Waals surface area contributed by atoms with E-state index in [0.717, 1.165) is 0 Å². The van der Waals surface area contributed by atoms with Crippen LogP contribution in [0.1, 0.15) is 55.4 Å². The minimum atomic E-state index is -2.67. The number of rotatable bonds is 6. The Kier molecular flexibility index (Phi) is 6.66. The molecule has 0 saturated heterocycles. The van der Waals surface area contributed by atoms with Crippen LogP contribution in [-0.2, 0) is 13.3 Å². The van der Waals surface area contributed by atoms with Crippen molar-refractivity contribution in [3.8, 4) is 0 Å². The highest BCUT2D eigenvalue weighted by Crippen LogP contribution is 2.44. The Morgan fingerprint density at radius 1 is 1.05 bits per heavy atom. The van der Waals surface area contributed by atoms with Crippen molar-refractivity contribution in [3.05, 3.63) is 12.2 Å². The standard InChI is InChI=1S/C16H34O3Si2/c1-12(2)15(17)18-21(13(3)4,14(5)6)19-20(10,11)16(7,8)9/h13-14H,1H2,2-11H3. The van der Waals surface area contributed by atoms with Gasteiger partial charge in [-0.2, -0.15) is 0 Å². The van der Waals surface area contributed by atoms with Gasteiger partial charge in [0.2, 0.25) is 0 Å². The van der Waals surface area contributed by atoms with Gasteiger partial charge < -0.3 is 8.54 Å². The van der Waals surface area contributed by atoms with Crippen LogP contribution in [0.4, 0.5) is 0 Å². The van der Waals surface area contributed by atoms with Crippen LogP contribution in [0.3, 0.4) is 0 Å². The maximum atomic E-state index is 12.2. The van der Waals surface area contributed by atoms with Crippen molar-refractivity contribution < 1.29 is 13.3 Å². The van der Waals surface area contributed by atoms with E-state index in [0.29, 0.717) is 5.57 Å². The third-order valence-corrected chi connectivity index (χ3v) is 15.1. The van der Waals surface area contributed by atoms with Gasteiger partial charge in [-0.25, -0.2) is 4.79 Å². The molecule has 0 aliphatic rings. The Morgan fingerprint density at radius 3 is 1.67 bits per heavy atom. The predicted octanol–water partition coefficient (Wildman–Crippen LogP) is 5.39. The molecule has 0 amide bonds. The second-order valence-corrected chi connectivity index (χ2v) is 17.4. The van der Waals surface area contributed by atoms with Gasteiger partial charge in [0, 0.05) is 16.7 Å². The van der Waals surface area contributed by atoms with E-state index in [2.05, 4.69) is 68.1 Å².